The summed E-state index contributed by atoms with van der Waals surface area (Å²) >= 11 is 0. The van der Waals surface area contributed by atoms with Crippen LogP contribution in [0.3, 0.4) is 0 Å². The minimum Gasteiger partial charge on any atom is -0.282 e. The predicted molar refractivity (Wildman–Crippen MR) is 91.0 cm³/mol. The Morgan fingerprint density at radius 1 is 0.955 bits per heavy atom. The topological polar surface area (TPSA) is 54.4 Å². The van der Waals surface area contributed by atoms with Gasteiger partial charge in [-0.2, -0.15) is 8.42 Å². The normalized spacial score (nSPS) is 12.0. The molecule has 2 aromatic rings. The van der Waals surface area contributed by atoms with Crippen molar-refractivity contribution in [2.45, 2.75) is 57.3 Å². The largest absolute Gasteiger partial charge is 0.295 e. The maximum absolute atomic E-state index is 11.8. The van der Waals surface area contributed by atoms with E-state index < -0.39 is 10.1 Å². The first-order chi connectivity index (χ1) is 10.5. The third kappa shape index (κ3) is 3.68. The molecular formula is C18H24O3S. The molecule has 1 N–H and O–H groups in total. The van der Waals surface area contributed by atoms with Gasteiger partial charge < -0.3 is 0 Å². The van der Waals surface area contributed by atoms with Gasteiger partial charge in [-0.15, -0.1) is 0 Å². The molecule has 120 valence electrons. The molecule has 2 rings (SSSR count). The van der Waals surface area contributed by atoms with Gasteiger partial charge in [-0.25, -0.2) is 0 Å². The summed E-state index contributed by atoms with van der Waals surface area (Å²) in [7, 11) is -4.21. The highest BCUT2D eigenvalue weighted by molar-refractivity contribution is 7.86. The number of hydrogen-bond acceptors (Lipinski definition) is 2. The minimum absolute atomic E-state index is 0.0365. The van der Waals surface area contributed by atoms with Crippen LogP contribution in [0.4, 0.5) is 0 Å². The van der Waals surface area contributed by atoms with E-state index >= 15 is 0 Å². The van der Waals surface area contributed by atoms with E-state index in [1.54, 1.807) is 12.1 Å². The Balaban J connectivity index is 2.72. The lowest BCUT2D eigenvalue weighted by Crippen LogP contribution is -2.05. The van der Waals surface area contributed by atoms with Crippen molar-refractivity contribution in [1.82, 2.24) is 0 Å². The Kier molecular flexibility index (Phi) is 5.59. The Morgan fingerprint density at radius 2 is 1.55 bits per heavy atom. The van der Waals surface area contributed by atoms with Crippen LogP contribution in [0, 0.1) is 0 Å². The van der Waals surface area contributed by atoms with Crippen molar-refractivity contribution in [3.05, 3.63) is 41.5 Å². The second kappa shape index (κ2) is 7.25. The van der Waals surface area contributed by atoms with Crippen LogP contribution in [0.15, 0.2) is 35.2 Å². The zero-order valence-electron chi connectivity index (χ0n) is 13.3. The summed E-state index contributed by atoms with van der Waals surface area (Å²) in [5, 5.41) is 1.58. The molecule has 0 spiro atoms. The van der Waals surface area contributed by atoms with Crippen molar-refractivity contribution >= 4 is 20.9 Å². The van der Waals surface area contributed by atoms with Crippen LogP contribution in [0.5, 0.6) is 0 Å². The molecule has 22 heavy (non-hydrogen) atoms. The van der Waals surface area contributed by atoms with Gasteiger partial charge in [0.2, 0.25) is 0 Å². The molecule has 0 amide bonds. The van der Waals surface area contributed by atoms with Gasteiger partial charge in [0.05, 0.1) is 0 Å². The number of aryl methyl sites for hydroxylation is 2. The minimum atomic E-state index is -4.21. The fourth-order valence-corrected chi connectivity index (χ4v) is 3.66. The highest BCUT2D eigenvalue weighted by atomic mass is 32.2. The number of rotatable bonds is 7. The molecule has 0 aliphatic heterocycles. The molecule has 2 aromatic carbocycles. The zero-order chi connectivity index (χ0) is 16.2. The monoisotopic (exact) mass is 320 g/mol. The van der Waals surface area contributed by atoms with Gasteiger partial charge in [0.25, 0.3) is 10.1 Å². The van der Waals surface area contributed by atoms with Gasteiger partial charge in [-0.05, 0) is 48.3 Å². The SMILES string of the molecule is CCCCc1cc(S(=O)(=O)O)c2ccccc2c1CCCC. The molecule has 4 heteroatoms. The first-order valence-electron chi connectivity index (χ1n) is 8.00. The lowest BCUT2D eigenvalue weighted by Gasteiger charge is -2.15. The molecule has 0 atom stereocenters. The molecule has 0 fully saturated rings. The van der Waals surface area contributed by atoms with E-state index in [0.717, 1.165) is 49.5 Å². The molecular weight excluding hydrogens is 296 g/mol. The van der Waals surface area contributed by atoms with Gasteiger partial charge in [-0.1, -0.05) is 51.0 Å². The van der Waals surface area contributed by atoms with Crippen molar-refractivity contribution in [2.24, 2.45) is 0 Å². The van der Waals surface area contributed by atoms with Crippen molar-refractivity contribution < 1.29 is 13.0 Å². The number of unbranched alkanes of at least 4 members (excludes halogenated alkanes) is 2. The first-order valence-corrected chi connectivity index (χ1v) is 9.44. The summed E-state index contributed by atoms with van der Waals surface area (Å²) in [6.45, 7) is 4.27. The maximum Gasteiger partial charge on any atom is 0.295 e. The predicted octanol–water partition coefficient (Wildman–Crippen LogP) is 4.77. The van der Waals surface area contributed by atoms with Gasteiger partial charge in [0, 0.05) is 5.39 Å². The third-order valence-electron chi connectivity index (χ3n) is 4.07. The maximum atomic E-state index is 11.8. The molecule has 0 radical (unpaired) electrons. The van der Waals surface area contributed by atoms with Crippen LogP contribution in [0.25, 0.3) is 10.8 Å². The fourth-order valence-electron chi connectivity index (χ4n) is 2.91. The average molecular weight is 320 g/mol. The van der Waals surface area contributed by atoms with Crippen molar-refractivity contribution in [1.29, 1.82) is 0 Å². The first kappa shape index (κ1) is 17.0. The van der Waals surface area contributed by atoms with Crippen LogP contribution in [0.1, 0.15) is 50.7 Å². The molecule has 0 saturated carbocycles. The Bertz CT molecular complexity index is 748. The van der Waals surface area contributed by atoms with E-state index in [9.17, 15) is 13.0 Å². The van der Waals surface area contributed by atoms with E-state index in [4.69, 9.17) is 0 Å². The highest BCUT2D eigenvalue weighted by Crippen LogP contribution is 2.31. The van der Waals surface area contributed by atoms with E-state index in [1.165, 1.54) is 5.56 Å². The van der Waals surface area contributed by atoms with Crippen LogP contribution in [0.2, 0.25) is 0 Å². The number of fused-ring (bicyclic) bond motifs is 1. The molecule has 0 saturated heterocycles. The van der Waals surface area contributed by atoms with E-state index in [2.05, 4.69) is 13.8 Å². The smallest absolute Gasteiger partial charge is 0.282 e. The van der Waals surface area contributed by atoms with E-state index in [0.29, 0.717) is 5.39 Å². The summed E-state index contributed by atoms with van der Waals surface area (Å²) < 4.78 is 33.1. The van der Waals surface area contributed by atoms with Gasteiger partial charge in [-0.3, -0.25) is 4.55 Å². The third-order valence-corrected chi connectivity index (χ3v) is 4.96. The number of hydrogen-bond donors (Lipinski definition) is 1. The number of benzene rings is 2. The quantitative estimate of drug-likeness (QED) is 0.747. The average Bonchev–Trinajstić information content (AvgIpc) is 2.49. The zero-order valence-corrected chi connectivity index (χ0v) is 14.1. The van der Waals surface area contributed by atoms with Crippen LogP contribution >= 0.6 is 0 Å². The van der Waals surface area contributed by atoms with Gasteiger partial charge in [0.1, 0.15) is 4.90 Å². The second-order valence-electron chi connectivity index (χ2n) is 5.74. The van der Waals surface area contributed by atoms with E-state index in [1.807, 2.05) is 18.2 Å². The highest BCUT2D eigenvalue weighted by Gasteiger charge is 2.18. The molecule has 0 unspecified atom stereocenters. The molecule has 3 nitrogen and oxygen atoms in total. The molecule has 0 aromatic heterocycles. The summed E-state index contributed by atoms with van der Waals surface area (Å²) in [4.78, 5) is 0.0365. The molecule has 0 heterocycles. The van der Waals surface area contributed by atoms with E-state index in [-0.39, 0.29) is 4.90 Å². The van der Waals surface area contributed by atoms with Crippen molar-refractivity contribution in [2.75, 3.05) is 0 Å². The lowest BCUT2D eigenvalue weighted by atomic mass is 9.92. The van der Waals surface area contributed by atoms with Crippen LogP contribution < -0.4 is 0 Å². The van der Waals surface area contributed by atoms with Crippen LogP contribution in [-0.2, 0) is 23.0 Å². The fraction of sp³-hybridized carbons (Fsp3) is 0.444. The Labute approximate surface area is 133 Å². The van der Waals surface area contributed by atoms with Crippen LogP contribution in [-0.4, -0.2) is 13.0 Å². The standard InChI is InChI=1S/C18H24O3S/c1-3-5-9-14-13-18(22(19,20)21)17-12-8-7-11-16(17)15(14)10-6-4-2/h7-8,11-13H,3-6,9-10H2,1-2H3,(H,19,20,21). The molecule has 0 aliphatic rings. The Hall–Kier alpha value is -1.39. The summed E-state index contributed by atoms with van der Waals surface area (Å²) in [6.07, 6.45) is 6.05. The summed E-state index contributed by atoms with van der Waals surface area (Å²) in [6, 6.07) is 9.15. The summed E-state index contributed by atoms with van der Waals surface area (Å²) in [5.74, 6) is 0. The van der Waals surface area contributed by atoms with Gasteiger partial charge in [0.15, 0.2) is 0 Å². The lowest BCUT2D eigenvalue weighted by molar-refractivity contribution is 0.484. The molecule has 0 bridgehead atoms. The second-order valence-corrected chi connectivity index (χ2v) is 7.13. The van der Waals surface area contributed by atoms with Crippen molar-refractivity contribution in [3.63, 3.8) is 0 Å². The Morgan fingerprint density at radius 3 is 2.14 bits per heavy atom. The van der Waals surface area contributed by atoms with Gasteiger partial charge >= 0.3 is 0 Å². The molecule has 0 aliphatic carbocycles. The van der Waals surface area contributed by atoms with Crippen molar-refractivity contribution in [3.8, 4) is 0 Å². The summed E-state index contributed by atoms with van der Waals surface area (Å²) in [5.41, 5.74) is 2.29.